The Morgan fingerprint density at radius 1 is 1.44 bits per heavy atom. The number of halogens is 1. The Morgan fingerprint density at radius 2 is 2.22 bits per heavy atom. The van der Waals surface area contributed by atoms with Crippen molar-refractivity contribution in [2.24, 2.45) is 17.9 Å². The highest BCUT2D eigenvalue weighted by Crippen LogP contribution is 2.28. The second-order valence-corrected chi connectivity index (χ2v) is 8.19. The molecule has 0 aliphatic heterocycles. The van der Waals surface area contributed by atoms with Gasteiger partial charge in [-0.1, -0.05) is 22.6 Å². The van der Waals surface area contributed by atoms with Gasteiger partial charge in [-0.15, -0.1) is 0 Å². The summed E-state index contributed by atoms with van der Waals surface area (Å²) < 4.78 is 2.66. The zero-order chi connectivity index (χ0) is 23.3. The van der Waals surface area contributed by atoms with Crippen molar-refractivity contribution < 1.29 is 9.90 Å². The van der Waals surface area contributed by atoms with Gasteiger partial charge < -0.3 is 15.4 Å². The average Bonchev–Trinajstić information content (AvgIpc) is 3.19. The van der Waals surface area contributed by atoms with Crippen LogP contribution in [0.1, 0.15) is 30.0 Å². The predicted octanol–water partition coefficient (Wildman–Crippen LogP) is 3.12. The summed E-state index contributed by atoms with van der Waals surface area (Å²) >= 11 is 2.31. The molecule has 0 fully saturated rings. The molecule has 2 aromatic heterocycles. The lowest BCUT2D eigenvalue weighted by Gasteiger charge is -2.16. The van der Waals surface area contributed by atoms with Gasteiger partial charge in [0.1, 0.15) is 0 Å². The van der Waals surface area contributed by atoms with Crippen LogP contribution < -0.4 is 5.73 Å². The van der Waals surface area contributed by atoms with E-state index in [9.17, 15) is 9.90 Å². The number of nitrogens with zero attached hydrogens (tertiary/aromatic N) is 6. The molecule has 9 nitrogen and oxygen atoms in total. The number of fused-ring (bicyclic) bond motifs is 1. The minimum Gasteiger partial charge on any atom is -0.391 e. The fourth-order valence-corrected chi connectivity index (χ4v) is 4.06. The first-order valence-corrected chi connectivity index (χ1v) is 11.5. The SMILES string of the molecule is CC(O)CN(/N=C/c1cc(-c2cncn2C)nc2cc(CI)c(CCC#N)cc12)C(N)=O. The quantitative estimate of drug-likeness (QED) is 0.194. The van der Waals surface area contributed by atoms with E-state index in [1.54, 1.807) is 25.7 Å². The molecule has 0 aliphatic rings. The molecule has 32 heavy (non-hydrogen) atoms. The Kier molecular flexibility index (Phi) is 7.76. The van der Waals surface area contributed by atoms with Gasteiger partial charge in [-0.2, -0.15) is 10.4 Å². The molecule has 1 atom stereocenters. The second kappa shape index (κ2) is 10.5. The lowest BCUT2D eigenvalue weighted by Crippen LogP contribution is -2.36. The molecule has 0 spiro atoms. The number of pyridine rings is 1. The number of alkyl halides is 1. The summed E-state index contributed by atoms with van der Waals surface area (Å²) in [5.41, 5.74) is 10.7. The number of aliphatic hydroxyl groups excluding tert-OH is 1. The number of hydrogen-bond donors (Lipinski definition) is 2. The number of imidazole rings is 1. The van der Waals surface area contributed by atoms with Gasteiger partial charge in [0, 0.05) is 28.8 Å². The van der Waals surface area contributed by atoms with Crippen LogP contribution in [-0.4, -0.2) is 49.5 Å². The van der Waals surface area contributed by atoms with Crippen molar-refractivity contribution in [3.63, 3.8) is 0 Å². The number of aliphatic hydroxyl groups is 1. The molecule has 10 heteroatoms. The van der Waals surface area contributed by atoms with Gasteiger partial charge in [-0.3, -0.25) is 0 Å². The summed E-state index contributed by atoms with van der Waals surface area (Å²) in [6, 6.07) is 7.39. The molecule has 1 aromatic carbocycles. The van der Waals surface area contributed by atoms with Crippen LogP contribution in [0.25, 0.3) is 22.3 Å². The van der Waals surface area contributed by atoms with E-state index in [4.69, 9.17) is 16.0 Å². The summed E-state index contributed by atoms with van der Waals surface area (Å²) in [5.74, 6) is 0. The molecule has 0 radical (unpaired) electrons. The number of benzene rings is 1. The zero-order valence-corrected chi connectivity index (χ0v) is 20.0. The number of aromatic nitrogens is 3. The van der Waals surface area contributed by atoms with E-state index in [1.807, 2.05) is 29.8 Å². The number of aryl methyl sites for hydroxylation is 2. The largest absolute Gasteiger partial charge is 0.391 e. The molecule has 0 saturated heterocycles. The average molecular weight is 545 g/mol. The third kappa shape index (κ3) is 5.41. The van der Waals surface area contributed by atoms with E-state index in [-0.39, 0.29) is 6.54 Å². The molecule has 2 heterocycles. The van der Waals surface area contributed by atoms with Crippen LogP contribution in [0.15, 0.2) is 35.8 Å². The number of hydrogen-bond acceptors (Lipinski definition) is 6. The minimum atomic E-state index is -0.775. The first kappa shape index (κ1) is 23.6. The van der Waals surface area contributed by atoms with Gasteiger partial charge in [0.2, 0.25) is 0 Å². The van der Waals surface area contributed by atoms with Gasteiger partial charge in [-0.25, -0.2) is 19.8 Å². The van der Waals surface area contributed by atoms with Crippen LogP contribution in [0.2, 0.25) is 0 Å². The Bertz CT molecular complexity index is 1200. The molecule has 0 saturated carbocycles. The number of nitrogens with two attached hydrogens (primary N) is 1. The van der Waals surface area contributed by atoms with Crippen molar-refractivity contribution in [1.82, 2.24) is 19.5 Å². The second-order valence-electron chi connectivity index (χ2n) is 7.43. The van der Waals surface area contributed by atoms with Crippen molar-refractivity contribution in [2.45, 2.75) is 30.3 Å². The zero-order valence-electron chi connectivity index (χ0n) is 17.9. The molecule has 3 N–H and O–H groups in total. The fourth-order valence-electron chi connectivity index (χ4n) is 3.35. The van der Waals surface area contributed by atoms with Gasteiger partial charge in [0.05, 0.1) is 54.4 Å². The molecule has 0 aliphatic carbocycles. The summed E-state index contributed by atoms with van der Waals surface area (Å²) in [7, 11) is 1.89. The number of rotatable bonds is 8. The monoisotopic (exact) mass is 545 g/mol. The molecule has 3 rings (SSSR count). The maximum Gasteiger partial charge on any atom is 0.335 e. The number of primary amides is 1. The van der Waals surface area contributed by atoms with Gasteiger partial charge in [0.15, 0.2) is 0 Å². The van der Waals surface area contributed by atoms with Crippen molar-refractivity contribution in [2.75, 3.05) is 6.54 Å². The minimum absolute atomic E-state index is 0.0180. The van der Waals surface area contributed by atoms with Crippen LogP contribution in [-0.2, 0) is 17.9 Å². The maximum atomic E-state index is 11.7. The Hall–Kier alpha value is -3.04. The van der Waals surface area contributed by atoms with E-state index in [2.05, 4.69) is 38.7 Å². The van der Waals surface area contributed by atoms with Crippen LogP contribution in [0, 0.1) is 11.3 Å². The predicted molar refractivity (Wildman–Crippen MR) is 131 cm³/mol. The molecule has 0 bridgehead atoms. The van der Waals surface area contributed by atoms with Crippen molar-refractivity contribution >= 4 is 45.7 Å². The molecular weight excluding hydrogens is 521 g/mol. The summed E-state index contributed by atoms with van der Waals surface area (Å²) in [6.45, 7) is 1.54. The summed E-state index contributed by atoms with van der Waals surface area (Å²) in [6.07, 6.45) is 5.27. The molecule has 1 unspecified atom stereocenters. The lowest BCUT2D eigenvalue weighted by atomic mass is 9.98. The van der Waals surface area contributed by atoms with E-state index < -0.39 is 12.1 Å². The number of hydrazone groups is 1. The van der Waals surface area contributed by atoms with Crippen LogP contribution in [0.3, 0.4) is 0 Å². The van der Waals surface area contributed by atoms with E-state index in [0.29, 0.717) is 18.5 Å². The summed E-state index contributed by atoms with van der Waals surface area (Å²) in [4.78, 5) is 20.8. The fraction of sp³-hybridized carbons (Fsp3) is 0.318. The van der Waals surface area contributed by atoms with Crippen LogP contribution in [0.5, 0.6) is 0 Å². The first-order valence-electron chi connectivity index (χ1n) is 9.99. The number of carbonyl (C=O) groups is 1. The van der Waals surface area contributed by atoms with Gasteiger partial charge in [0.25, 0.3) is 0 Å². The van der Waals surface area contributed by atoms with Crippen LogP contribution >= 0.6 is 22.6 Å². The lowest BCUT2D eigenvalue weighted by molar-refractivity contribution is 0.139. The number of amides is 2. The Balaban J connectivity index is 2.20. The van der Waals surface area contributed by atoms with Gasteiger partial charge >= 0.3 is 6.03 Å². The number of carbonyl (C=O) groups excluding carboxylic acids is 1. The van der Waals surface area contributed by atoms with Crippen LogP contribution in [0.4, 0.5) is 4.79 Å². The van der Waals surface area contributed by atoms with Crippen molar-refractivity contribution in [3.8, 4) is 17.5 Å². The smallest absolute Gasteiger partial charge is 0.335 e. The van der Waals surface area contributed by atoms with Crippen molar-refractivity contribution in [3.05, 3.63) is 47.4 Å². The topological polar surface area (TPSA) is 133 Å². The Morgan fingerprint density at radius 3 is 2.81 bits per heavy atom. The summed E-state index contributed by atoms with van der Waals surface area (Å²) in [5, 5.41) is 24.8. The normalized spacial score (nSPS) is 12.2. The van der Waals surface area contributed by atoms with E-state index >= 15 is 0 Å². The highest BCUT2D eigenvalue weighted by molar-refractivity contribution is 14.1. The Labute approximate surface area is 199 Å². The highest BCUT2D eigenvalue weighted by Gasteiger charge is 2.14. The molecule has 3 aromatic rings. The van der Waals surface area contributed by atoms with Gasteiger partial charge in [-0.05, 0) is 42.7 Å². The van der Waals surface area contributed by atoms with E-state index in [0.717, 1.165) is 42.7 Å². The third-order valence-electron chi connectivity index (χ3n) is 4.92. The van der Waals surface area contributed by atoms with Crippen molar-refractivity contribution in [1.29, 1.82) is 5.26 Å². The highest BCUT2D eigenvalue weighted by atomic mass is 127. The molecule has 166 valence electrons. The standard InChI is InChI=1S/C22H24IN7O2/c1-14(31)12-30(22(25)32)27-10-17-8-20(21-11-26-13-29(21)2)28-19-7-16(9-23)15(4-3-5-24)6-18(17)19/h6-8,10-11,13-14,31H,3-4,9,12H2,1-2H3,(H2,25,32)/b27-10+. The number of urea groups is 1. The third-order valence-corrected chi connectivity index (χ3v) is 5.74. The molecular formula is C22H24IN7O2. The number of nitriles is 1. The van der Waals surface area contributed by atoms with E-state index in [1.165, 1.54) is 0 Å². The first-order chi connectivity index (χ1) is 15.3. The maximum absolute atomic E-state index is 11.7. The molecule has 2 amide bonds.